The van der Waals surface area contributed by atoms with Crippen molar-refractivity contribution in [2.75, 3.05) is 18.0 Å². The summed E-state index contributed by atoms with van der Waals surface area (Å²) in [4.78, 5) is 12.8. The number of fused-ring (bicyclic) bond motifs is 3. The fourth-order valence-corrected chi connectivity index (χ4v) is 6.22. The molecule has 0 spiro atoms. The molecule has 0 fully saturated rings. The Morgan fingerprint density at radius 2 is 1.74 bits per heavy atom. The number of ether oxygens (including phenoxy) is 1. The van der Waals surface area contributed by atoms with Crippen molar-refractivity contribution in [3.63, 3.8) is 0 Å². The molecule has 1 amide bonds. The molecule has 34 heavy (non-hydrogen) atoms. The number of methoxy groups -OCH3 is 1. The highest BCUT2D eigenvalue weighted by Crippen LogP contribution is 2.45. The maximum absolute atomic E-state index is 13.8. The smallest absolute Gasteiger partial charge is 0.264 e. The topological polar surface area (TPSA) is 79.3 Å². The number of aryl methyl sites for hydroxylation is 1. The van der Waals surface area contributed by atoms with Gasteiger partial charge in [0, 0.05) is 24.9 Å². The summed E-state index contributed by atoms with van der Waals surface area (Å²) in [6.07, 6.45) is 0. The molecule has 2 heterocycles. The minimum Gasteiger partial charge on any atom is -0.497 e. The zero-order valence-corrected chi connectivity index (χ0v) is 20.0. The SMILES string of the molecule is COc1ccc2c(c1)C1=NN(C(C)=O)[C@@H](c3ccccc3)[C@H]1CN2S(=O)(=O)c1ccc(C)cc1. The van der Waals surface area contributed by atoms with E-state index >= 15 is 0 Å². The van der Waals surface area contributed by atoms with E-state index in [0.29, 0.717) is 22.7 Å². The van der Waals surface area contributed by atoms with Crippen molar-refractivity contribution in [2.24, 2.45) is 11.0 Å². The normalized spacial score (nSPS) is 19.3. The van der Waals surface area contributed by atoms with Gasteiger partial charge in [-0.2, -0.15) is 5.10 Å². The summed E-state index contributed by atoms with van der Waals surface area (Å²) >= 11 is 0. The molecule has 3 aromatic rings. The van der Waals surface area contributed by atoms with Crippen molar-refractivity contribution in [1.82, 2.24) is 5.01 Å². The van der Waals surface area contributed by atoms with Crippen molar-refractivity contribution in [1.29, 1.82) is 0 Å². The van der Waals surface area contributed by atoms with E-state index in [2.05, 4.69) is 0 Å². The van der Waals surface area contributed by atoms with Crippen molar-refractivity contribution >= 4 is 27.3 Å². The summed E-state index contributed by atoms with van der Waals surface area (Å²) in [5.74, 6) is 0.0478. The lowest BCUT2D eigenvalue weighted by Gasteiger charge is -2.36. The molecule has 2 aliphatic rings. The molecule has 0 aromatic heterocycles. The quantitative estimate of drug-likeness (QED) is 0.568. The van der Waals surface area contributed by atoms with Gasteiger partial charge in [-0.3, -0.25) is 9.10 Å². The number of amides is 1. The van der Waals surface area contributed by atoms with Crippen LogP contribution in [-0.2, 0) is 14.8 Å². The lowest BCUT2D eigenvalue weighted by molar-refractivity contribution is -0.131. The molecule has 2 atom stereocenters. The van der Waals surface area contributed by atoms with Crippen LogP contribution in [-0.4, -0.2) is 38.7 Å². The predicted molar refractivity (Wildman–Crippen MR) is 130 cm³/mol. The standard InChI is InChI=1S/C26H25N3O4S/c1-17-9-12-21(13-10-17)34(31,32)28-16-23-25(22-15-20(33-3)11-14-24(22)28)27-29(18(2)30)26(23)19-7-5-4-6-8-19/h4-15,23,26H,16H2,1-3H3/t23-,26-/m0/s1. The van der Waals surface area contributed by atoms with Gasteiger partial charge in [0.1, 0.15) is 5.75 Å². The number of carbonyl (C=O) groups is 1. The monoisotopic (exact) mass is 475 g/mol. The third-order valence-electron chi connectivity index (χ3n) is 6.39. The van der Waals surface area contributed by atoms with Crippen LogP contribution in [0.3, 0.4) is 0 Å². The van der Waals surface area contributed by atoms with Crippen LogP contribution < -0.4 is 9.04 Å². The summed E-state index contributed by atoms with van der Waals surface area (Å²) < 4.78 is 34.5. The molecule has 8 heteroatoms. The van der Waals surface area contributed by atoms with E-state index < -0.39 is 16.1 Å². The first-order chi connectivity index (χ1) is 16.3. The maximum Gasteiger partial charge on any atom is 0.264 e. The average molecular weight is 476 g/mol. The fraction of sp³-hybridized carbons (Fsp3) is 0.231. The first-order valence-corrected chi connectivity index (χ1v) is 12.5. The molecule has 5 rings (SSSR count). The highest BCUT2D eigenvalue weighted by atomic mass is 32.2. The third-order valence-corrected chi connectivity index (χ3v) is 8.19. The van der Waals surface area contributed by atoms with Gasteiger partial charge in [-0.25, -0.2) is 13.4 Å². The summed E-state index contributed by atoms with van der Waals surface area (Å²) in [5.41, 5.74) is 3.74. The number of sulfonamides is 1. The van der Waals surface area contributed by atoms with Gasteiger partial charge in [0.05, 0.1) is 29.4 Å². The van der Waals surface area contributed by atoms with Crippen molar-refractivity contribution in [3.8, 4) is 5.75 Å². The Bertz CT molecular complexity index is 1390. The van der Waals surface area contributed by atoms with Crippen LogP contribution in [0, 0.1) is 12.8 Å². The molecule has 0 saturated carbocycles. The number of anilines is 1. The van der Waals surface area contributed by atoms with Gasteiger partial charge in [-0.15, -0.1) is 0 Å². The lowest BCUT2D eigenvalue weighted by Crippen LogP contribution is -2.44. The number of hydrazone groups is 1. The van der Waals surface area contributed by atoms with Gasteiger partial charge in [0.25, 0.3) is 10.0 Å². The first kappa shape index (κ1) is 22.2. The van der Waals surface area contributed by atoms with E-state index in [1.807, 2.05) is 37.3 Å². The zero-order chi connectivity index (χ0) is 24.0. The number of benzene rings is 3. The maximum atomic E-state index is 13.8. The number of rotatable bonds is 4. The second kappa shape index (κ2) is 8.29. The Morgan fingerprint density at radius 1 is 1.03 bits per heavy atom. The van der Waals surface area contributed by atoms with Crippen LogP contribution in [0.25, 0.3) is 0 Å². The van der Waals surface area contributed by atoms with Crippen LogP contribution in [0.5, 0.6) is 5.75 Å². The van der Waals surface area contributed by atoms with Gasteiger partial charge >= 0.3 is 0 Å². The summed E-state index contributed by atoms with van der Waals surface area (Å²) in [6, 6.07) is 21.3. The molecule has 0 aliphatic carbocycles. The van der Waals surface area contributed by atoms with Gasteiger partial charge in [0.2, 0.25) is 5.91 Å². The highest BCUT2D eigenvalue weighted by molar-refractivity contribution is 7.92. The molecule has 0 saturated heterocycles. The number of hydrogen-bond donors (Lipinski definition) is 0. The van der Waals surface area contributed by atoms with Crippen molar-refractivity contribution < 1.29 is 17.9 Å². The second-order valence-corrected chi connectivity index (χ2v) is 10.4. The van der Waals surface area contributed by atoms with Crippen LogP contribution in [0.1, 0.15) is 29.7 Å². The zero-order valence-electron chi connectivity index (χ0n) is 19.2. The molecule has 7 nitrogen and oxygen atoms in total. The van der Waals surface area contributed by atoms with Crippen LogP contribution in [0.2, 0.25) is 0 Å². The van der Waals surface area contributed by atoms with Gasteiger partial charge < -0.3 is 4.74 Å². The molecular weight excluding hydrogens is 450 g/mol. The molecule has 174 valence electrons. The van der Waals surface area contributed by atoms with E-state index in [9.17, 15) is 13.2 Å². The highest BCUT2D eigenvalue weighted by Gasteiger charge is 2.47. The Kier molecular flexibility index (Phi) is 5.40. The Hall–Kier alpha value is -3.65. The number of carbonyl (C=O) groups excluding carboxylic acids is 1. The minimum absolute atomic E-state index is 0.164. The second-order valence-electron chi connectivity index (χ2n) is 8.54. The van der Waals surface area contributed by atoms with Crippen LogP contribution in [0.15, 0.2) is 82.8 Å². The van der Waals surface area contributed by atoms with Crippen LogP contribution in [0.4, 0.5) is 5.69 Å². The van der Waals surface area contributed by atoms with Gasteiger partial charge in [0.15, 0.2) is 0 Å². The predicted octanol–water partition coefficient (Wildman–Crippen LogP) is 4.14. The lowest BCUT2D eigenvalue weighted by atomic mass is 9.84. The fourth-order valence-electron chi connectivity index (χ4n) is 4.71. The van der Waals surface area contributed by atoms with Crippen molar-refractivity contribution in [2.45, 2.75) is 24.8 Å². The number of nitrogens with zero attached hydrogens (tertiary/aromatic N) is 3. The van der Waals surface area contributed by atoms with Crippen LogP contribution >= 0.6 is 0 Å². The van der Waals surface area contributed by atoms with E-state index in [1.54, 1.807) is 49.6 Å². The van der Waals surface area contributed by atoms with Gasteiger partial charge in [-0.1, -0.05) is 48.0 Å². The van der Waals surface area contributed by atoms with E-state index in [1.165, 1.54) is 16.2 Å². The molecule has 0 N–H and O–H groups in total. The third kappa shape index (κ3) is 3.54. The van der Waals surface area contributed by atoms with E-state index in [4.69, 9.17) is 9.84 Å². The molecule has 2 aliphatic heterocycles. The molecule has 0 bridgehead atoms. The minimum atomic E-state index is -3.86. The Morgan fingerprint density at radius 3 is 2.38 bits per heavy atom. The van der Waals surface area contributed by atoms with E-state index in [0.717, 1.165) is 11.1 Å². The summed E-state index contributed by atoms with van der Waals surface area (Å²) in [5, 5.41) is 6.18. The summed E-state index contributed by atoms with van der Waals surface area (Å²) in [6.45, 7) is 3.56. The largest absolute Gasteiger partial charge is 0.497 e. The Balaban J connectivity index is 1.69. The molecule has 3 aromatic carbocycles. The van der Waals surface area contributed by atoms with E-state index in [-0.39, 0.29) is 23.3 Å². The molecule has 0 unspecified atom stereocenters. The molecule has 0 radical (unpaired) electrons. The summed E-state index contributed by atoms with van der Waals surface area (Å²) in [7, 11) is -2.30. The van der Waals surface area contributed by atoms with Gasteiger partial charge in [-0.05, 0) is 42.8 Å². The number of hydrogen-bond acceptors (Lipinski definition) is 5. The molecular formula is C26H25N3O4S. The average Bonchev–Trinajstić information content (AvgIpc) is 3.24. The van der Waals surface area contributed by atoms with Crippen molar-refractivity contribution in [3.05, 3.63) is 89.5 Å². The first-order valence-electron chi connectivity index (χ1n) is 11.0. The Labute approximate surface area is 199 Å².